The molecule has 0 aromatic heterocycles. The predicted octanol–water partition coefficient (Wildman–Crippen LogP) is 3.80. The highest BCUT2D eigenvalue weighted by molar-refractivity contribution is 7.91. The summed E-state index contributed by atoms with van der Waals surface area (Å²) in [6, 6.07) is 15.6. The lowest BCUT2D eigenvalue weighted by molar-refractivity contribution is -0.133. The van der Waals surface area contributed by atoms with Crippen LogP contribution in [0, 0.1) is 5.92 Å². The molecular formula is C20H20O4S. The summed E-state index contributed by atoms with van der Waals surface area (Å²) in [5.74, 6) is -0.526. The molecule has 25 heavy (non-hydrogen) atoms. The van der Waals surface area contributed by atoms with Crippen LogP contribution in [0.2, 0.25) is 0 Å². The third kappa shape index (κ3) is 3.24. The number of allylic oxidation sites excluding steroid dienone is 1. The van der Waals surface area contributed by atoms with Gasteiger partial charge in [0, 0.05) is 0 Å². The Morgan fingerprint density at radius 1 is 1.04 bits per heavy atom. The molecule has 2 aromatic carbocycles. The van der Waals surface area contributed by atoms with Crippen molar-refractivity contribution in [3.8, 4) is 0 Å². The van der Waals surface area contributed by atoms with Gasteiger partial charge in [0.25, 0.3) is 0 Å². The molecule has 0 aliphatic heterocycles. The van der Waals surface area contributed by atoms with Gasteiger partial charge in [-0.05, 0) is 35.6 Å². The summed E-state index contributed by atoms with van der Waals surface area (Å²) in [7, 11) is -2.24. The fourth-order valence-corrected chi connectivity index (χ4v) is 5.25. The number of hydrogen-bond acceptors (Lipinski definition) is 4. The summed E-state index contributed by atoms with van der Waals surface area (Å²) in [4.78, 5) is 12.5. The van der Waals surface area contributed by atoms with Gasteiger partial charge in [-0.1, -0.05) is 55.5 Å². The summed E-state index contributed by atoms with van der Waals surface area (Å²) in [6.07, 6.45) is 2.22. The van der Waals surface area contributed by atoms with Gasteiger partial charge >= 0.3 is 5.97 Å². The van der Waals surface area contributed by atoms with Gasteiger partial charge in [0.15, 0.2) is 9.84 Å². The second-order valence-electron chi connectivity index (χ2n) is 6.22. The zero-order chi connectivity index (χ0) is 18.0. The topological polar surface area (TPSA) is 60.4 Å². The molecule has 0 radical (unpaired) electrons. The van der Waals surface area contributed by atoms with Crippen LogP contribution in [0.5, 0.6) is 0 Å². The zero-order valence-corrected chi connectivity index (χ0v) is 15.0. The van der Waals surface area contributed by atoms with Gasteiger partial charge in [0.05, 0.1) is 22.8 Å². The number of fused-ring (bicyclic) bond motifs is 1. The lowest BCUT2D eigenvalue weighted by Gasteiger charge is -2.20. The lowest BCUT2D eigenvalue weighted by atomic mass is 9.99. The third-order valence-corrected chi connectivity index (χ3v) is 6.61. The molecule has 1 aliphatic rings. The Morgan fingerprint density at radius 3 is 2.36 bits per heavy atom. The maximum atomic E-state index is 13.3. The van der Waals surface area contributed by atoms with Crippen LogP contribution in [0.25, 0.3) is 5.57 Å². The molecule has 0 heterocycles. The number of methoxy groups -OCH3 is 1. The first-order chi connectivity index (χ1) is 11.9. The highest BCUT2D eigenvalue weighted by Crippen LogP contribution is 2.41. The number of ether oxygens (including phenoxy) is 1. The lowest BCUT2D eigenvalue weighted by Crippen LogP contribution is -2.16. The van der Waals surface area contributed by atoms with Crippen molar-refractivity contribution in [2.24, 2.45) is 5.92 Å². The van der Waals surface area contributed by atoms with E-state index in [0.717, 1.165) is 0 Å². The van der Waals surface area contributed by atoms with Crippen molar-refractivity contribution in [3.05, 3.63) is 71.8 Å². The molecule has 2 aromatic rings. The molecule has 0 spiro atoms. The quantitative estimate of drug-likeness (QED) is 0.785. The summed E-state index contributed by atoms with van der Waals surface area (Å²) in [5, 5.41) is -0.709. The Bertz CT molecular complexity index is 914. The standard InChI is InChI=1S/C20H20O4S/c1-14-12-18(20(21)24-2)16-10-6-7-11-17(16)19(13-14)25(22,23)15-8-4-3-5-9-15/h3-12,14,19H,13H2,1-2H3/t14-,19+/m0/s1. The minimum Gasteiger partial charge on any atom is -0.465 e. The second-order valence-corrected chi connectivity index (χ2v) is 8.35. The van der Waals surface area contributed by atoms with Crippen LogP contribution in [0.3, 0.4) is 0 Å². The van der Waals surface area contributed by atoms with Crippen LogP contribution in [-0.4, -0.2) is 21.5 Å². The van der Waals surface area contributed by atoms with Gasteiger partial charge in [-0.2, -0.15) is 0 Å². The number of sulfone groups is 1. The molecule has 5 heteroatoms. The SMILES string of the molecule is COC(=O)C1=C[C@H](C)C[C@@H](S(=O)(=O)c2ccccc2)c2ccccc21. The van der Waals surface area contributed by atoms with E-state index in [0.29, 0.717) is 28.0 Å². The largest absolute Gasteiger partial charge is 0.465 e. The molecule has 3 rings (SSSR count). The average Bonchev–Trinajstić information content (AvgIpc) is 2.79. The van der Waals surface area contributed by atoms with Crippen molar-refractivity contribution >= 4 is 21.4 Å². The van der Waals surface area contributed by atoms with Gasteiger partial charge in [-0.15, -0.1) is 0 Å². The maximum absolute atomic E-state index is 13.3. The van der Waals surface area contributed by atoms with Gasteiger partial charge in [-0.3, -0.25) is 0 Å². The maximum Gasteiger partial charge on any atom is 0.338 e. The van der Waals surface area contributed by atoms with Crippen LogP contribution in [-0.2, 0) is 19.4 Å². The highest BCUT2D eigenvalue weighted by atomic mass is 32.2. The van der Waals surface area contributed by atoms with E-state index in [1.165, 1.54) is 7.11 Å². The molecule has 0 amide bonds. The van der Waals surface area contributed by atoms with Crippen molar-refractivity contribution in [2.45, 2.75) is 23.5 Å². The first-order valence-electron chi connectivity index (χ1n) is 8.13. The summed E-state index contributed by atoms with van der Waals surface area (Å²) in [5.41, 5.74) is 1.70. The molecule has 1 aliphatic carbocycles. The minimum absolute atomic E-state index is 0.0787. The van der Waals surface area contributed by atoms with Crippen molar-refractivity contribution in [2.75, 3.05) is 7.11 Å². The molecule has 0 saturated carbocycles. The van der Waals surface area contributed by atoms with E-state index < -0.39 is 21.1 Å². The van der Waals surface area contributed by atoms with Crippen molar-refractivity contribution in [1.82, 2.24) is 0 Å². The molecular weight excluding hydrogens is 336 g/mol. The van der Waals surface area contributed by atoms with E-state index >= 15 is 0 Å². The Morgan fingerprint density at radius 2 is 1.68 bits per heavy atom. The fraction of sp³-hybridized carbons (Fsp3) is 0.250. The molecule has 0 fully saturated rings. The number of esters is 1. The Labute approximate surface area is 148 Å². The van der Waals surface area contributed by atoms with Crippen LogP contribution in [0.1, 0.15) is 29.7 Å². The summed E-state index contributed by atoms with van der Waals surface area (Å²) >= 11 is 0. The van der Waals surface area contributed by atoms with E-state index in [4.69, 9.17) is 4.74 Å². The monoisotopic (exact) mass is 356 g/mol. The van der Waals surface area contributed by atoms with Gasteiger partial charge in [-0.25, -0.2) is 13.2 Å². The second kappa shape index (κ2) is 6.84. The Balaban J connectivity index is 2.18. The smallest absolute Gasteiger partial charge is 0.338 e. The molecule has 0 unspecified atom stereocenters. The van der Waals surface area contributed by atoms with Gasteiger partial charge in [0.1, 0.15) is 0 Å². The summed E-state index contributed by atoms with van der Waals surface area (Å²) < 4.78 is 31.4. The van der Waals surface area contributed by atoms with Crippen molar-refractivity contribution in [1.29, 1.82) is 0 Å². The predicted molar refractivity (Wildman–Crippen MR) is 96.6 cm³/mol. The molecule has 0 bridgehead atoms. The van der Waals surface area contributed by atoms with Gasteiger partial charge < -0.3 is 4.74 Å². The Kier molecular flexibility index (Phi) is 4.77. The van der Waals surface area contributed by atoms with Crippen molar-refractivity contribution < 1.29 is 17.9 Å². The average molecular weight is 356 g/mol. The van der Waals surface area contributed by atoms with E-state index in [-0.39, 0.29) is 5.92 Å². The third-order valence-electron chi connectivity index (χ3n) is 4.49. The number of benzene rings is 2. The number of hydrogen-bond donors (Lipinski definition) is 0. The Hall–Kier alpha value is -2.40. The van der Waals surface area contributed by atoms with Crippen LogP contribution in [0.4, 0.5) is 0 Å². The molecule has 0 N–H and O–H groups in total. The summed E-state index contributed by atoms with van der Waals surface area (Å²) in [6.45, 7) is 1.92. The van der Waals surface area contributed by atoms with E-state index in [9.17, 15) is 13.2 Å². The molecule has 130 valence electrons. The highest BCUT2D eigenvalue weighted by Gasteiger charge is 2.35. The molecule has 4 nitrogen and oxygen atoms in total. The van der Waals surface area contributed by atoms with E-state index in [2.05, 4.69) is 0 Å². The van der Waals surface area contributed by atoms with Crippen LogP contribution < -0.4 is 0 Å². The van der Waals surface area contributed by atoms with Gasteiger partial charge in [0.2, 0.25) is 0 Å². The van der Waals surface area contributed by atoms with Crippen LogP contribution >= 0.6 is 0 Å². The van der Waals surface area contributed by atoms with Crippen LogP contribution in [0.15, 0.2) is 65.6 Å². The number of rotatable bonds is 3. The molecule has 0 saturated heterocycles. The normalized spacial score (nSPS) is 20.2. The molecule has 2 atom stereocenters. The van der Waals surface area contributed by atoms with E-state index in [1.54, 1.807) is 54.6 Å². The number of carbonyl (C=O) groups is 1. The number of carbonyl (C=O) groups excluding carboxylic acids is 1. The first kappa shape index (κ1) is 17.4. The zero-order valence-electron chi connectivity index (χ0n) is 14.2. The van der Waals surface area contributed by atoms with Crippen molar-refractivity contribution in [3.63, 3.8) is 0 Å². The first-order valence-corrected chi connectivity index (χ1v) is 9.68. The minimum atomic E-state index is -3.57. The fourth-order valence-electron chi connectivity index (χ4n) is 3.29. The van der Waals surface area contributed by atoms with E-state index in [1.807, 2.05) is 13.0 Å².